The van der Waals surface area contributed by atoms with Crippen molar-refractivity contribution in [2.75, 3.05) is 0 Å². The average Bonchev–Trinajstić information content (AvgIpc) is 2.97. The van der Waals surface area contributed by atoms with E-state index in [9.17, 15) is 4.79 Å². The normalized spacial score (nSPS) is 16.5. The van der Waals surface area contributed by atoms with Crippen molar-refractivity contribution in [1.82, 2.24) is 0 Å². The Kier molecular flexibility index (Phi) is 5.19. The van der Waals surface area contributed by atoms with Crippen molar-refractivity contribution < 1.29 is 14.3 Å². The molecule has 1 unspecified atom stereocenters. The van der Waals surface area contributed by atoms with E-state index in [1.54, 1.807) is 18.2 Å². The van der Waals surface area contributed by atoms with Gasteiger partial charge in [0.1, 0.15) is 5.75 Å². The second kappa shape index (κ2) is 7.53. The van der Waals surface area contributed by atoms with Crippen molar-refractivity contribution in [3.05, 3.63) is 70.4 Å². The van der Waals surface area contributed by atoms with Gasteiger partial charge in [0.15, 0.2) is 5.70 Å². The maximum atomic E-state index is 12.2. The van der Waals surface area contributed by atoms with Crippen LogP contribution in [0.25, 0.3) is 6.08 Å². The highest BCUT2D eigenvalue weighted by Crippen LogP contribution is 2.27. The standard InChI is InChI=1S/C20H18ClNO3/c1-3-13(2)24-18-11-7-4-8-14(18)12-17-20(23)25-19(22-17)15-9-5-6-10-16(15)21/h4-13H,3H2,1-2H3/b17-12-. The molecule has 1 aliphatic heterocycles. The largest absolute Gasteiger partial charge is 0.490 e. The number of hydrogen-bond acceptors (Lipinski definition) is 4. The molecule has 2 aromatic rings. The Balaban J connectivity index is 1.94. The van der Waals surface area contributed by atoms with Gasteiger partial charge in [-0.05, 0) is 37.6 Å². The van der Waals surface area contributed by atoms with Crippen LogP contribution in [0.5, 0.6) is 5.75 Å². The Hall–Kier alpha value is -2.59. The second-order valence-corrected chi connectivity index (χ2v) is 6.10. The molecule has 0 fully saturated rings. The van der Waals surface area contributed by atoms with E-state index in [4.69, 9.17) is 21.1 Å². The predicted octanol–water partition coefficient (Wildman–Crippen LogP) is 4.86. The van der Waals surface area contributed by atoms with Gasteiger partial charge in [-0.3, -0.25) is 0 Å². The molecule has 0 aliphatic carbocycles. The first-order valence-corrected chi connectivity index (χ1v) is 8.49. The molecule has 4 nitrogen and oxygen atoms in total. The van der Waals surface area contributed by atoms with Crippen LogP contribution in [-0.4, -0.2) is 18.0 Å². The highest BCUT2D eigenvalue weighted by atomic mass is 35.5. The molecule has 0 N–H and O–H groups in total. The van der Waals surface area contributed by atoms with Gasteiger partial charge in [0.05, 0.1) is 16.7 Å². The Morgan fingerprint density at radius 3 is 2.68 bits per heavy atom. The molecule has 0 saturated heterocycles. The molecule has 0 aromatic heterocycles. The van der Waals surface area contributed by atoms with Crippen molar-refractivity contribution >= 4 is 29.5 Å². The number of rotatable bonds is 5. The lowest BCUT2D eigenvalue weighted by Gasteiger charge is -2.14. The summed E-state index contributed by atoms with van der Waals surface area (Å²) in [6.45, 7) is 4.06. The van der Waals surface area contributed by atoms with E-state index >= 15 is 0 Å². The minimum atomic E-state index is -0.506. The summed E-state index contributed by atoms with van der Waals surface area (Å²) in [6, 6.07) is 14.6. The number of ether oxygens (including phenoxy) is 2. The minimum Gasteiger partial charge on any atom is -0.490 e. The molecule has 0 spiro atoms. The number of carbonyl (C=O) groups excluding carboxylic acids is 1. The summed E-state index contributed by atoms with van der Waals surface area (Å²) in [7, 11) is 0. The summed E-state index contributed by atoms with van der Waals surface area (Å²) >= 11 is 6.15. The highest BCUT2D eigenvalue weighted by molar-refractivity contribution is 6.34. The maximum absolute atomic E-state index is 12.2. The number of benzene rings is 2. The lowest BCUT2D eigenvalue weighted by atomic mass is 10.1. The lowest BCUT2D eigenvalue weighted by Crippen LogP contribution is -2.10. The van der Waals surface area contributed by atoms with Gasteiger partial charge in [-0.2, -0.15) is 0 Å². The number of halogens is 1. The maximum Gasteiger partial charge on any atom is 0.363 e. The quantitative estimate of drug-likeness (QED) is 0.568. The number of nitrogens with zero attached hydrogens (tertiary/aromatic N) is 1. The van der Waals surface area contributed by atoms with E-state index in [1.165, 1.54) is 0 Å². The van der Waals surface area contributed by atoms with Crippen molar-refractivity contribution in [3.8, 4) is 5.75 Å². The summed E-state index contributed by atoms with van der Waals surface area (Å²) < 4.78 is 11.2. The Morgan fingerprint density at radius 1 is 1.20 bits per heavy atom. The SMILES string of the molecule is CCC(C)Oc1ccccc1/C=C1\N=C(c2ccccc2Cl)OC1=O. The van der Waals surface area contributed by atoms with Crippen molar-refractivity contribution in [2.45, 2.75) is 26.4 Å². The van der Waals surface area contributed by atoms with Gasteiger partial charge < -0.3 is 9.47 Å². The molecule has 2 aromatic carbocycles. The molecular formula is C20H18ClNO3. The van der Waals surface area contributed by atoms with Gasteiger partial charge in [0.2, 0.25) is 5.90 Å². The smallest absolute Gasteiger partial charge is 0.363 e. The molecule has 5 heteroatoms. The summed E-state index contributed by atoms with van der Waals surface area (Å²) in [4.78, 5) is 16.5. The molecule has 3 rings (SSSR count). The zero-order chi connectivity index (χ0) is 17.8. The van der Waals surface area contributed by atoms with E-state index in [-0.39, 0.29) is 17.7 Å². The number of para-hydroxylation sites is 1. The molecular weight excluding hydrogens is 338 g/mol. The fourth-order valence-corrected chi connectivity index (χ4v) is 2.53. The van der Waals surface area contributed by atoms with Crippen molar-refractivity contribution in [1.29, 1.82) is 0 Å². The topological polar surface area (TPSA) is 47.9 Å². The molecule has 0 amide bonds. The summed E-state index contributed by atoms with van der Waals surface area (Å²) in [6.07, 6.45) is 2.64. The van der Waals surface area contributed by atoms with Crippen LogP contribution >= 0.6 is 11.6 Å². The second-order valence-electron chi connectivity index (χ2n) is 5.69. The van der Waals surface area contributed by atoms with Crippen molar-refractivity contribution in [3.63, 3.8) is 0 Å². The van der Waals surface area contributed by atoms with Crippen LogP contribution in [-0.2, 0) is 9.53 Å². The van der Waals surface area contributed by atoms with E-state index in [1.807, 2.05) is 43.3 Å². The number of esters is 1. The fourth-order valence-electron chi connectivity index (χ4n) is 2.31. The fraction of sp³-hybridized carbons (Fsp3) is 0.200. The first-order chi connectivity index (χ1) is 12.1. The van der Waals surface area contributed by atoms with Crippen LogP contribution in [0, 0.1) is 0 Å². The monoisotopic (exact) mass is 355 g/mol. The third-order valence-electron chi connectivity index (χ3n) is 3.84. The summed E-state index contributed by atoms with van der Waals surface area (Å²) in [5.41, 5.74) is 1.58. The third-order valence-corrected chi connectivity index (χ3v) is 4.17. The van der Waals surface area contributed by atoms with Crippen LogP contribution in [0.2, 0.25) is 5.02 Å². The molecule has 1 heterocycles. The van der Waals surface area contributed by atoms with Crippen LogP contribution in [0.15, 0.2) is 59.2 Å². The Labute approximate surface area is 151 Å². The van der Waals surface area contributed by atoms with Gasteiger partial charge in [-0.15, -0.1) is 0 Å². The molecule has 0 saturated carbocycles. The van der Waals surface area contributed by atoms with Crippen molar-refractivity contribution in [2.24, 2.45) is 4.99 Å². The van der Waals surface area contributed by atoms with Crippen LogP contribution in [0.3, 0.4) is 0 Å². The molecule has 25 heavy (non-hydrogen) atoms. The number of hydrogen-bond donors (Lipinski definition) is 0. The van der Waals surface area contributed by atoms with E-state index < -0.39 is 5.97 Å². The van der Waals surface area contributed by atoms with E-state index in [0.29, 0.717) is 16.3 Å². The molecule has 1 atom stereocenters. The summed E-state index contributed by atoms with van der Waals surface area (Å²) in [5.74, 6) is 0.411. The zero-order valence-electron chi connectivity index (χ0n) is 14.0. The molecule has 1 aliphatic rings. The first-order valence-electron chi connectivity index (χ1n) is 8.11. The van der Waals surface area contributed by atoms with Gasteiger partial charge in [-0.1, -0.05) is 48.9 Å². The molecule has 128 valence electrons. The van der Waals surface area contributed by atoms with Crippen LogP contribution < -0.4 is 4.74 Å². The highest BCUT2D eigenvalue weighted by Gasteiger charge is 2.25. The average molecular weight is 356 g/mol. The van der Waals surface area contributed by atoms with Gasteiger partial charge >= 0.3 is 5.97 Å². The van der Waals surface area contributed by atoms with Gasteiger partial charge in [-0.25, -0.2) is 9.79 Å². The predicted molar refractivity (Wildman–Crippen MR) is 98.9 cm³/mol. The van der Waals surface area contributed by atoms with Gasteiger partial charge in [0, 0.05) is 5.56 Å². The van der Waals surface area contributed by atoms with Crippen LogP contribution in [0.4, 0.5) is 0 Å². The number of aliphatic imine (C=N–C) groups is 1. The minimum absolute atomic E-state index is 0.0808. The molecule has 0 radical (unpaired) electrons. The number of carbonyl (C=O) groups is 1. The first kappa shape index (κ1) is 17.2. The summed E-state index contributed by atoms with van der Waals surface area (Å²) in [5, 5.41) is 0.482. The third kappa shape index (κ3) is 3.91. The lowest BCUT2D eigenvalue weighted by molar-refractivity contribution is -0.129. The number of cyclic esters (lactones) is 1. The van der Waals surface area contributed by atoms with E-state index in [2.05, 4.69) is 11.9 Å². The van der Waals surface area contributed by atoms with Gasteiger partial charge in [0.25, 0.3) is 0 Å². The Morgan fingerprint density at radius 2 is 1.92 bits per heavy atom. The Bertz CT molecular complexity index is 858. The van der Waals surface area contributed by atoms with Crippen LogP contribution in [0.1, 0.15) is 31.4 Å². The molecule has 0 bridgehead atoms. The zero-order valence-corrected chi connectivity index (χ0v) is 14.8. The van der Waals surface area contributed by atoms with E-state index in [0.717, 1.165) is 12.0 Å².